The van der Waals surface area contributed by atoms with Crippen LogP contribution in [-0.4, -0.2) is 42.0 Å². The highest BCUT2D eigenvalue weighted by Crippen LogP contribution is 2.23. The molecule has 118 valence electrons. The van der Waals surface area contributed by atoms with Crippen LogP contribution in [0.3, 0.4) is 0 Å². The lowest BCUT2D eigenvalue weighted by Gasteiger charge is -2.06. The fraction of sp³-hybridized carbons (Fsp3) is 0.400. The van der Waals surface area contributed by atoms with Crippen molar-refractivity contribution in [3.63, 3.8) is 0 Å². The van der Waals surface area contributed by atoms with Crippen LogP contribution in [0.5, 0.6) is 5.88 Å². The number of aromatic nitrogens is 2. The van der Waals surface area contributed by atoms with E-state index >= 15 is 0 Å². The Morgan fingerprint density at radius 3 is 2.73 bits per heavy atom. The minimum atomic E-state index is -0.183. The quantitative estimate of drug-likeness (QED) is 0.742. The summed E-state index contributed by atoms with van der Waals surface area (Å²) in [5.41, 5.74) is 2.70. The third kappa shape index (κ3) is 3.36. The zero-order valence-corrected chi connectivity index (χ0v) is 12.9. The van der Waals surface area contributed by atoms with Crippen LogP contribution in [0, 0.1) is 0 Å². The van der Waals surface area contributed by atoms with Gasteiger partial charge in [-0.25, -0.2) is 4.98 Å². The van der Waals surface area contributed by atoms with Crippen molar-refractivity contribution in [1.82, 2.24) is 20.6 Å². The molecule has 0 saturated carbocycles. The minimum Gasteiger partial charge on any atom is -0.481 e. The van der Waals surface area contributed by atoms with Crippen LogP contribution < -0.4 is 15.4 Å². The Hall–Kier alpha value is -2.57. The van der Waals surface area contributed by atoms with Gasteiger partial charge in [0.2, 0.25) is 11.8 Å². The van der Waals surface area contributed by atoms with Crippen molar-refractivity contribution in [3.8, 4) is 5.88 Å². The number of aromatic amines is 1. The molecule has 22 heavy (non-hydrogen) atoms. The number of hydrogen-bond acceptors (Lipinski definition) is 4. The molecule has 0 saturated heterocycles. The first-order valence-corrected chi connectivity index (χ1v) is 7.15. The van der Waals surface area contributed by atoms with Crippen molar-refractivity contribution in [3.05, 3.63) is 23.4 Å². The maximum atomic E-state index is 12.2. The summed E-state index contributed by atoms with van der Waals surface area (Å²) in [6, 6.07) is 3.56. The molecule has 2 aromatic rings. The van der Waals surface area contributed by atoms with Gasteiger partial charge in [-0.1, -0.05) is 0 Å². The van der Waals surface area contributed by atoms with Crippen molar-refractivity contribution in [2.45, 2.75) is 20.3 Å². The molecular weight excluding hydrogens is 284 g/mol. The van der Waals surface area contributed by atoms with E-state index < -0.39 is 0 Å². The van der Waals surface area contributed by atoms with Crippen molar-refractivity contribution in [1.29, 1.82) is 0 Å². The number of hydrogen-bond donors (Lipinski definition) is 3. The lowest BCUT2D eigenvalue weighted by molar-refractivity contribution is -0.118. The van der Waals surface area contributed by atoms with Gasteiger partial charge in [-0.2, -0.15) is 0 Å². The number of ether oxygens (including phenoxy) is 1. The van der Waals surface area contributed by atoms with Crippen LogP contribution in [0.4, 0.5) is 0 Å². The van der Waals surface area contributed by atoms with Gasteiger partial charge in [-0.3, -0.25) is 9.59 Å². The molecule has 0 aliphatic carbocycles. The lowest BCUT2D eigenvalue weighted by atomic mass is 10.1. The first kappa shape index (κ1) is 15.8. The summed E-state index contributed by atoms with van der Waals surface area (Å²) in [4.78, 5) is 30.7. The molecule has 0 unspecified atom stereocenters. The smallest absolute Gasteiger partial charge is 0.268 e. The summed E-state index contributed by atoms with van der Waals surface area (Å²) < 4.78 is 5.14. The Labute approximate surface area is 128 Å². The van der Waals surface area contributed by atoms with Gasteiger partial charge >= 0.3 is 0 Å². The zero-order valence-electron chi connectivity index (χ0n) is 12.9. The van der Waals surface area contributed by atoms with Crippen LogP contribution in [-0.2, 0) is 11.2 Å². The second kappa shape index (κ2) is 6.93. The molecule has 0 atom stereocenters. The summed E-state index contributed by atoms with van der Waals surface area (Å²) in [7, 11) is 1.54. The number of amides is 2. The molecule has 0 radical (unpaired) electrons. The molecule has 2 heterocycles. The molecule has 0 aliphatic rings. The Kier molecular flexibility index (Phi) is 4.98. The summed E-state index contributed by atoms with van der Waals surface area (Å²) in [5, 5.41) is 5.51. The number of nitrogens with one attached hydrogen (secondary N) is 3. The van der Waals surface area contributed by atoms with E-state index in [1.165, 1.54) is 6.92 Å². The van der Waals surface area contributed by atoms with Crippen molar-refractivity contribution in [2.75, 3.05) is 20.2 Å². The van der Waals surface area contributed by atoms with Gasteiger partial charge in [0.1, 0.15) is 5.69 Å². The first-order chi connectivity index (χ1) is 10.6. The first-order valence-electron chi connectivity index (χ1n) is 7.15. The predicted molar refractivity (Wildman–Crippen MR) is 83.0 cm³/mol. The number of rotatable bonds is 6. The van der Waals surface area contributed by atoms with Gasteiger partial charge in [-0.05, 0) is 19.4 Å². The standard InChI is InChI=1S/C15H20N4O3/c1-4-16-15(21)14-10(7-8-17-9(2)20)13-11(18-14)5-6-12(19-13)22-3/h5-6,18H,4,7-8H2,1-3H3,(H,16,21)(H,17,20). The topological polar surface area (TPSA) is 96.1 Å². The van der Waals surface area contributed by atoms with E-state index in [9.17, 15) is 9.59 Å². The number of carbonyl (C=O) groups is 2. The average molecular weight is 304 g/mol. The Balaban J connectivity index is 2.42. The summed E-state index contributed by atoms with van der Waals surface area (Å²) >= 11 is 0. The van der Waals surface area contributed by atoms with Crippen molar-refractivity contribution < 1.29 is 14.3 Å². The Morgan fingerprint density at radius 1 is 1.32 bits per heavy atom. The molecular formula is C15H20N4O3. The molecule has 0 spiro atoms. The van der Waals surface area contributed by atoms with Crippen LogP contribution in [0.15, 0.2) is 12.1 Å². The molecule has 0 aromatic carbocycles. The fourth-order valence-electron chi connectivity index (χ4n) is 2.26. The normalized spacial score (nSPS) is 10.5. The van der Waals surface area contributed by atoms with Crippen LogP contribution in [0.1, 0.15) is 29.9 Å². The number of nitrogens with zero attached hydrogens (tertiary/aromatic N) is 1. The summed E-state index contributed by atoms with van der Waals surface area (Å²) in [6.07, 6.45) is 0.506. The van der Waals surface area contributed by atoms with Gasteiger partial charge in [0.05, 0.1) is 18.1 Å². The minimum absolute atomic E-state index is 0.107. The SMILES string of the molecule is CCNC(=O)c1[nH]c2ccc(OC)nc2c1CCNC(C)=O. The van der Waals surface area contributed by atoms with Crippen LogP contribution in [0.25, 0.3) is 11.0 Å². The van der Waals surface area contributed by atoms with Crippen molar-refractivity contribution >= 4 is 22.8 Å². The van der Waals surface area contributed by atoms with E-state index in [0.717, 1.165) is 11.1 Å². The predicted octanol–water partition coefficient (Wildman–Crippen LogP) is 1.000. The molecule has 0 aliphatic heterocycles. The van der Waals surface area contributed by atoms with E-state index in [4.69, 9.17) is 4.74 Å². The van der Waals surface area contributed by atoms with Crippen LogP contribution in [0.2, 0.25) is 0 Å². The monoisotopic (exact) mass is 304 g/mol. The van der Waals surface area contributed by atoms with Gasteiger partial charge < -0.3 is 20.4 Å². The van der Waals surface area contributed by atoms with Gasteiger partial charge in [0.15, 0.2) is 0 Å². The van der Waals surface area contributed by atoms with E-state index in [1.807, 2.05) is 13.0 Å². The zero-order chi connectivity index (χ0) is 16.1. The number of pyridine rings is 1. The second-order valence-corrected chi connectivity index (χ2v) is 4.82. The lowest BCUT2D eigenvalue weighted by Crippen LogP contribution is -2.26. The molecule has 7 nitrogen and oxygen atoms in total. The van der Waals surface area contributed by atoms with Crippen LogP contribution >= 0.6 is 0 Å². The number of fused-ring (bicyclic) bond motifs is 1. The molecule has 2 aromatic heterocycles. The fourth-order valence-corrected chi connectivity index (χ4v) is 2.26. The third-order valence-electron chi connectivity index (χ3n) is 3.24. The van der Waals surface area contributed by atoms with Crippen molar-refractivity contribution in [2.24, 2.45) is 0 Å². The number of carbonyl (C=O) groups excluding carboxylic acids is 2. The summed E-state index contributed by atoms with van der Waals surface area (Å²) in [5.74, 6) is 0.192. The van der Waals surface area contributed by atoms with Gasteiger partial charge in [0, 0.05) is 31.6 Å². The average Bonchev–Trinajstić information content (AvgIpc) is 2.85. The molecule has 3 N–H and O–H groups in total. The van der Waals surface area contributed by atoms with E-state index in [-0.39, 0.29) is 11.8 Å². The van der Waals surface area contributed by atoms with E-state index in [0.29, 0.717) is 36.6 Å². The van der Waals surface area contributed by atoms with E-state index in [1.54, 1.807) is 13.2 Å². The molecule has 0 bridgehead atoms. The highest BCUT2D eigenvalue weighted by molar-refractivity contribution is 6.00. The number of H-pyrrole nitrogens is 1. The molecule has 2 amide bonds. The molecule has 0 fully saturated rings. The molecule has 2 rings (SSSR count). The molecule has 7 heteroatoms. The summed E-state index contributed by atoms with van der Waals surface area (Å²) in [6.45, 7) is 4.30. The number of methoxy groups -OCH3 is 1. The van der Waals surface area contributed by atoms with Gasteiger partial charge in [-0.15, -0.1) is 0 Å². The van der Waals surface area contributed by atoms with E-state index in [2.05, 4.69) is 20.6 Å². The van der Waals surface area contributed by atoms with Gasteiger partial charge in [0.25, 0.3) is 5.91 Å². The third-order valence-corrected chi connectivity index (χ3v) is 3.24. The largest absolute Gasteiger partial charge is 0.481 e. The highest BCUT2D eigenvalue weighted by atomic mass is 16.5. The highest BCUT2D eigenvalue weighted by Gasteiger charge is 2.18. The second-order valence-electron chi connectivity index (χ2n) is 4.82. The Morgan fingerprint density at radius 2 is 2.09 bits per heavy atom. The maximum absolute atomic E-state index is 12.2. The Bertz CT molecular complexity index is 693. The maximum Gasteiger partial charge on any atom is 0.268 e.